The van der Waals surface area contributed by atoms with E-state index in [0.29, 0.717) is 25.3 Å². The molecule has 8 heteroatoms. The van der Waals surface area contributed by atoms with Crippen LogP contribution in [-0.2, 0) is 4.79 Å². The Morgan fingerprint density at radius 1 is 1.56 bits per heavy atom. The zero-order valence-corrected chi connectivity index (χ0v) is 9.97. The molecule has 8 nitrogen and oxygen atoms in total. The number of hydrogen-bond acceptors (Lipinski definition) is 6. The summed E-state index contributed by atoms with van der Waals surface area (Å²) in [7, 11) is 0. The summed E-state index contributed by atoms with van der Waals surface area (Å²) in [5.74, 6) is 0.185. The van der Waals surface area contributed by atoms with Crippen LogP contribution in [0.4, 0.5) is 17.3 Å². The summed E-state index contributed by atoms with van der Waals surface area (Å²) in [4.78, 5) is 24.9. The Hall–Kier alpha value is -2.38. The van der Waals surface area contributed by atoms with E-state index in [1.807, 2.05) is 6.92 Å². The molecule has 0 radical (unpaired) electrons. The molecular weight excluding hydrogens is 238 g/mol. The molecule has 1 aromatic rings. The molecule has 0 saturated carbocycles. The molecule has 0 saturated heterocycles. The minimum Gasteiger partial charge on any atom is -0.378 e. The molecule has 1 heterocycles. The molecular formula is C10H15N5O3. The van der Waals surface area contributed by atoms with Crippen LogP contribution in [0.15, 0.2) is 12.1 Å². The van der Waals surface area contributed by atoms with E-state index in [4.69, 9.17) is 5.73 Å². The van der Waals surface area contributed by atoms with E-state index in [-0.39, 0.29) is 17.4 Å². The lowest BCUT2D eigenvalue weighted by Crippen LogP contribution is -2.24. The van der Waals surface area contributed by atoms with Gasteiger partial charge in [0.15, 0.2) is 0 Å². The normalized spacial score (nSPS) is 9.83. The van der Waals surface area contributed by atoms with E-state index in [0.717, 1.165) is 0 Å². The number of aromatic nitrogens is 1. The Morgan fingerprint density at radius 3 is 2.83 bits per heavy atom. The molecule has 0 bridgehead atoms. The first-order valence-corrected chi connectivity index (χ1v) is 5.46. The van der Waals surface area contributed by atoms with E-state index in [9.17, 15) is 14.9 Å². The summed E-state index contributed by atoms with van der Waals surface area (Å²) >= 11 is 0. The van der Waals surface area contributed by atoms with Crippen molar-refractivity contribution in [3.63, 3.8) is 0 Å². The third-order valence-electron chi connectivity index (χ3n) is 2.13. The van der Waals surface area contributed by atoms with Gasteiger partial charge in [0, 0.05) is 25.6 Å². The van der Waals surface area contributed by atoms with Gasteiger partial charge in [0.2, 0.25) is 11.7 Å². The van der Waals surface area contributed by atoms with Crippen molar-refractivity contribution in [1.29, 1.82) is 0 Å². The number of carbonyl (C=O) groups excluding carboxylic acids is 1. The van der Waals surface area contributed by atoms with Crippen molar-refractivity contribution in [2.24, 2.45) is 0 Å². The van der Waals surface area contributed by atoms with Crippen LogP contribution in [0.5, 0.6) is 0 Å². The van der Waals surface area contributed by atoms with Crippen LogP contribution >= 0.6 is 0 Å². The fraction of sp³-hybridized carbons (Fsp3) is 0.400. The number of nitro groups is 1. The average Bonchev–Trinajstić information content (AvgIpc) is 2.29. The first-order chi connectivity index (χ1) is 8.54. The summed E-state index contributed by atoms with van der Waals surface area (Å²) in [5, 5.41) is 16.0. The van der Waals surface area contributed by atoms with Crippen LogP contribution in [-0.4, -0.2) is 28.9 Å². The lowest BCUT2D eigenvalue weighted by Gasteiger charge is -2.06. The molecule has 1 amide bonds. The first kappa shape index (κ1) is 13.7. The summed E-state index contributed by atoms with van der Waals surface area (Å²) in [6.07, 6.45) is 0.298. The molecule has 4 N–H and O–H groups in total. The van der Waals surface area contributed by atoms with E-state index in [2.05, 4.69) is 15.6 Å². The molecule has 1 rings (SSSR count). The highest BCUT2D eigenvalue weighted by atomic mass is 16.6. The molecule has 1 aromatic heterocycles. The standard InChI is InChI=1S/C10H15N5O3/c1-2-12-9(16)5-6-13-8-4-3-7(15(17)18)10(11)14-8/h3-4H,2,5-6H2,1H3,(H,12,16)(H3,11,13,14). The lowest BCUT2D eigenvalue weighted by atomic mass is 10.3. The molecule has 0 aliphatic carbocycles. The second kappa shape index (κ2) is 6.38. The highest BCUT2D eigenvalue weighted by Gasteiger charge is 2.12. The summed E-state index contributed by atoms with van der Waals surface area (Å²) in [6.45, 7) is 2.81. The fourth-order valence-electron chi connectivity index (χ4n) is 1.31. The monoisotopic (exact) mass is 253 g/mol. The summed E-state index contributed by atoms with van der Waals surface area (Å²) in [5.41, 5.74) is 5.20. The number of nitrogens with two attached hydrogens (primary N) is 1. The van der Waals surface area contributed by atoms with E-state index in [1.54, 1.807) is 0 Å². The zero-order valence-electron chi connectivity index (χ0n) is 9.97. The number of hydrogen-bond donors (Lipinski definition) is 3. The predicted octanol–water partition coefficient (Wildman–Crippen LogP) is 0.510. The third-order valence-corrected chi connectivity index (χ3v) is 2.13. The highest BCUT2D eigenvalue weighted by molar-refractivity contribution is 5.76. The van der Waals surface area contributed by atoms with Gasteiger partial charge in [0.05, 0.1) is 4.92 Å². The minimum absolute atomic E-state index is 0.0696. The number of pyridine rings is 1. The summed E-state index contributed by atoms with van der Waals surface area (Å²) in [6, 6.07) is 2.73. The van der Waals surface area contributed by atoms with Crippen molar-refractivity contribution < 1.29 is 9.72 Å². The number of amides is 1. The van der Waals surface area contributed by atoms with Gasteiger partial charge in [-0.25, -0.2) is 4.98 Å². The topological polar surface area (TPSA) is 123 Å². The van der Waals surface area contributed by atoms with Gasteiger partial charge < -0.3 is 16.4 Å². The Morgan fingerprint density at radius 2 is 2.28 bits per heavy atom. The van der Waals surface area contributed by atoms with Crippen molar-refractivity contribution in [3.05, 3.63) is 22.2 Å². The maximum Gasteiger partial charge on any atom is 0.311 e. The Kier molecular flexibility index (Phi) is 4.85. The van der Waals surface area contributed by atoms with Gasteiger partial charge in [0.25, 0.3) is 0 Å². The van der Waals surface area contributed by atoms with Crippen molar-refractivity contribution in [3.8, 4) is 0 Å². The van der Waals surface area contributed by atoms with Gasteiger partial charge >= 0.3 is 5.69 Å². The number of carbonyl (C=O) groups is 1. The molecule has 0 aliphatic rings. The quantitative estimate of drug-likeness (QED) is 0.501. The van der Waals surface area contributed by atoms with Crippen molar-refractivity contribution >= 4 is 23.2 Å². The van der Waals surface area contributed by atoms with Crippen LogP contribution < -0.4 is 16.4 Å². The molecule has 0 atom stereocenters. The van der Waals surface area contributed by atoms with E-state index in [1.165, 1.54) is 12.1 Å². The van der Waals surface area contributed by atoms with Crippen molar-refractivity contribution in [1.82, 2.24) is 10.3 Å². The van der Waals surface area contributed by atoms with Crippen LogP contribution in [0, 0.1) is 10.1 Å². The number of nitrogen functional groups attached to an aromatic ring is 1. The number of rotatable bonds is 6. The number of anilines is 2. The van der Waals surface area contributed by atoms with Crippen molar-refractivity contribution in [2.45, 2.75) is 13.3 Å². The molecule has 18 heavy (non-hydrogen) atoms. The van der Waals surface area contributed by atoms with E-state index < -0.39 is 4.92 Å². The molecule has 0 spiro atoms. The van der Waals surface area contributed by atoms with Crippen LogP contribution in [0.2, 0.25) is 0 Å². The van der Waals surface area contributed by atoms with Gasteiger partial charge in [-0.3, -0.25) is 14.9 Å². The summed E-state index contributed by atoms with van der Waals surface area (Å²) < 4.78 is 0. The molecule has 0 aromatic carbocycles. The van der Waals surface area contributed by atoms with Gasteiger partial charge in [0.1, 0.15) is 5.82 Å². The lowest BCUT2D eigenvalue weighted by molar-refractivity contribution is -0.384. The minimum atomic E-state index is -0.596. The SMILES string of the molecule is CCNC(=O)CCNc1ccc([N+](=O)[O-])c(N)n1. The van der Waals surface area contributed by atoms with Gasteiger partial charge in [-0.1, -0.05) is 0 Å². The van der Waals surface area contributed by atoms with Crippen molar-refractivity contribution in [2.75, 3.05) is 24.1 Å². The van der Waals surface area contributed by atoms with Crippen LogP contribution in [0.3, 0.4) is 0 Å². The highest BCUT2D eigenvalue weighted by Crippen LogP contribution is 2.20. The van der Waals surface area contributed by atoms with E-state index >= 15 is 0 Å². The van der Waals surface area contributed by atoms with Crippen LogP contribution in [0.25, 0.3) is 0 Å². The third kappa shape index (κ3) is 3.89. The van der Waals surface area contributed by atoms with Gasteiger partial charge in [-0.15, -0.1) is 0 Å². The Balaban J connectivity index is 2.51. The maximum atomic E-state index is 11.2. The van der Waals surface area contributed by atoms with Gasteiger partial charge in [-0.05, 0) is 13.0 Å². The zero-order chi connectivity index (χ0) is 13.5. The number of nitrogens with zero attached hydrogens (tertiary/aromatic N) is 2. The Labute approximate surface area is 104 Å². The number of nitrogens with one attached hydrogen (secondary N) is 2. The molecule has 0 aliphatic heterocycles. The molecule has 98 valence electrons. The largest absolute Gasteiger partial charge is 0.378 e. The molecule has 0 fully saturated rings. The predicted molar refractivity (Wildman–Crippen MR) is 67.1 cm³/mol. The smallest absolute Gasteiger partial charge is 0.311 e. The maximum absolute atomic E-state index is 11.2. The van der Waals surface area contributed by atoms with Crippen LogP contribution in [0.1, 0.15) is 13.3 Å². The second-order valence-electron chi connectivity index (χ2n) is 3.49. The van der Waals surface area contributed by atoms with Gasteiger partial charge in [-0.2, -0.15) is 0 Å². The first-order valence-electron chi connectivity index (χ1n) is 5.46. The molecule has 0 unspecified atom stereocenters. The fourth-order valence-corrected chi connectivity index (χ4v) is 1.31. The second-order valence-corrected chi connectivity index (χ2v) is 3.49. The average molecular weight is 253 g/mol. The Bertz CT molecular complexity index is 449.